The van der Waals surface area contributed by atoms with Crippen LogP contribution in [0.25, 0.3) is 11.3 Å². The van der Waals surface area contributed by atoms with E-state index in [-0.39, 0.29) is 0 Å². The van der Waals surface area contributed by atoms with E-state index in [4.69, 9.17) is 14.7 Å². The molecule has 1 aromatic carbocycles. The van der Waals surface area contributed by atoms with Crippen LogP contribution in [0, 0.1) is 5.92 Å². The Bertz CT molecular complexity index is 624. The number of benzene rings is 1. The number of anilines is 2. The van der Waals surface area contributed by atoms with E-state index in [1.165, 1.54) is 0 Å². The summed E-state index contributed by atoms with van der Waals surface area (Å²) in [6, 6.07) is 12.3. The maximum atomic E-state index is 5.43. The minimum Gasteiger partial charge on any atom is -0.378 e. The number of morpholine rings is 1. The molecule has 0 amide bonds. The molecule has 0 unspecified atom stereocenters. The summed E-state index contributed by atoms with van der Waals surface area (Å²) in [4.78, 5) is 11.7. The molecule has 0 atom stereocenters. The van der Waals surface area contributed by atoms with E-state index in [9.17, 15) is 0 Å². The number of rotatable bonds is 5. The lowest BCUT2D eigenvalue weighted by Crippen LogP contribution is -2.37. The first-order valence-corrected chi connectivity index (χ1v) is 8.23. The number of hydrogen-bond donors (Lipinski definition) is 1. The second-order valence-electron chi connectivity index (χ2n) is 6.18. The van der Waals surface area contributed by atoms with E-state index in [0.29, 0.717) is 5.92 Å². The predicted octanol–water partition coefficient (Wildman–Crippen LogP) is 3.05. The van der Waals surface area contributed by atoms with Gasteiger partial charge >= 0.3 is 0 Å². The lowest BCUT2D eigenvalue weighted by molar-refractivity contribution is 0.122. The van der Waals surface area contributed by atoms with Crippen molar-refractivity contribution in [1.29, 1.82) is 0 Å². The lowest BCUT2D eigenvalue weighted by Gasteiger charge is -2.27. The molecule has 0 saturated carbocycles. The summed E-state index contributed by atoms with van der Waals surface area (Å²) in [5.74, 6) is 2.23. The fourth-order valence-corrected chi connectivity index (χ4v) is 2.50. The van der Waals surface area contributed by atoms with Crippen LogP contribution in [-0.2, 0) is 4.74 Å². The van der Waals surface area contributed by atoms with Crippen LogP contribution in [0.15, 0.2) is 36.4 Å². The Balaban J connectivity index is 1.92. The van der Waals surface area contributed by atoms with Crippen LogP contribution in [-0.4, -0.2) is 42.8 Å². The maximum Gasteiger partial charge on any atom is 0.228 e. The van der Waals surface area contributed by atoms with Gasteiger partial charge in [-0.1, -0.05) is 44.2 Å². The molecule has 2 aromatic rings. The molecule has 5 heteroatoms. The molecule has 5 nitrogen and oxygen atoms in total. The monoisotopic (exact) mass is 312 g/mol. The minimum atomic E-state index is 0.567. The van der Waals surface area contributed by atoms with Crippen molar-refractivity contribution in [2.45, 2.75) is 13.8 Å². The topological polar surface area (TPSA) is 50.3 Å². The largest absolute Gasteiger partial charge is 0.378 e. The molecular weight excluding hydrogens is 288 g/mol. The molecule has 1 aliphatic heterocycles. The van der Waals surface area contributed by atoms with E-state index in [1.807, 2.05) is 24.3 Å². The van der Waals surface area contributed by atoms with Gasteiger partial charge in [0, 0.05) is 31.3 Å². The highest BCUT2D eigenvalue weighted by Gasteiger charge is 2.16. The molecule has 1 aromatic heterocycles. The predicted molar refractivity (Wildman–Crippen MR) is 93.8 cm³/mol. The number of nitrogens with zero attached hydrogens (tertiary/aromatic N) is 3. The van der Waals surface area contributed by atoms with Gasteiger partial charge in [-0.05, 0) is 5.92 Å². The van der Waals surface area contributed by atoms with Crippen LogP contribution in [0.3, 0.4) is 0 Å². The molecule has 1 aliphatic rings. The normalized spacial score (nSPS) is 15.0. The molecule has 1 fully saturated rings. The van der Waals surface area contributed by atoms with Gasteiger partial charge < -0.3 is 15.0 Å². The van der Waals surface area contributed by atoms with Crippen LogP contribution in [0.4, 0.5) is 11.8 Å². The van der Waals surface area contributed by atoms with E-state index in [0.717, 1.165) is 55.9 Å². The average Bonchev–Trinajstić information content (AvgIpc) is 2.61. The fraction of sp³-hybridized carbons (Fsp3) is 0.444. The Labute approximate surface area is 137 Å². The lowest BCUT2D eigenvalue weighted by atomic mass is 10.1. The quantitative estimate of drug-likeness (QED) is 0.919. The van der Waals surface area contributed by atoms with Gasteiger partial charge in [-0.3, -0.25) is 0 Å². The van der Waals surface area contributed by atoms with Gasteiger partial charge in [0.25, 0.3) is 0 Å². The molecule has 1 saturated heterocycles. The van der Waals surface area contributed by atoms with Crippen LogP contribution < -0.4 is 10.2 Å². The molecule has 1 N–H and O–H groups in total. The molecule has 23 heavy (non-hydrogen) atoms. The van der Waals surface area contributed by atoms with Gasteiger partial charge in [0.1, 0.15) is 5.82 Å². The Kier molecular flexibility index (Phi) is 5.08. The highest BCUT2D eigenvalue weighted by molar-refractivity contribution is 5.64. The van der Waals surface area contributed by atoms with Crippen molar-refractivity contribution in [3.63, 3.8) is 0 Å². The molecule has 122 valence electrons. The van der Waals surface area contributed by atoms with Crippen molar-refractivity contribution >= 4 is 11.8 Å². The first kappa shape index (κ1) is 15.7. The van der Waals surface area contributed by atoms with Crippen LogP contribution >= 0.6 is 0 Å². The molecule has 0 bridgehead atoms. The third-order valence-corrected chi connectivity index (χ3v) is 3.77. The van der Waals surface area contributed by atoms with Gasteiger partial charge in [0.15, 0.2) is 0 Å². The standard InChI is InChI=1S/C18H24N4O/c1-14(2)13-19-17-12-16(15-6-4-3-5-7-15)20-18(21-17)22-8-10-23-11-9-22/h3-7,12,14H,8-11,13H2,1-2H3,(H,19,20,21). The third kappa shape index (κ3) is 4.20. The molecule has 0 spiro atoms. The molecule has 0 radical (unpaired) electrons. The summed E-state index contributed by atoms with van der Waals surface area (Å²) in [7, 11) is 0. The molecule has 2 heterocycles. The first-order valence-electron chi connectivity index (χ1n) is 8.23. The smallest absolute Gasteiger partial charge is 0.228 e. The SMILES string of the molecule is CC(C)CNc1cc(-c2ccccc2)nc(N2CCOCC2)n1. The maximum absolute atomic E-state index is 5.43. The zero-order valence-electron chi connectivity index (χ0n) is 13.8. The summed E-state index contributed by atoms with van der Waals surface area (Å²) in [5.41, 5.74) is 2.06. The Hall–Kier alpha value is -2.14. The second-order valence-corrected chi connectivity index (χ2v) is 6.18. The third-order valence-electron chi connectivity index (χ3n) is 3.77. The van der Waals surface area contributed by atoms with Crippen molar-refractivity contribution in [3.8, 4) is 11.3 Å². The van der Waals surface area contributed by atoms with Crippen molar-refractivity contribution in [2.24, 2.45) is 5.92 Å². The zero-order chi connectivity index (χ0) is 16.1. The number of aromatic nitrogens is 2. The Morgan fingerprint density at radius 1 is 1.13 bits per heavy atom. The van der Waals surface area contributed by atoms with Gasteiger partial charge in [0.05, 0.1) is 18.9 Å². The van der Waals surface area contributed by atoms with Gasteiger partial charge in [-0.15, -0.1) is 0 Å². The van der Waals surface area contributed by atoms with Crippen molar-refractivity contribution in [1.82, 2.24) is 9.97 Å². The summed E-state index contributed by atoms with van der Waals surface area (Å²) in [5, 5.41) is 3.42. The average molecular weight is 312 g/mol. The summed E-state index contributed by atoms with van der Waals surface area (Å²) < 4.78 is 5.43. The number of hydrogen-bond acceptors (Lipinski definition) is 5. The second kappa shape index (κ2) is 7.42. The van der Waals surface area contributed by atoms with E-state index >= 15 is 0 Å². The highest BCUT2D eigenvalue weighted by atomic mass is 16.5. The highest BCUT2D eigenvalue weighted by Crippen LogP contribution is 2.23. The van der Waals surface area contributed by atoms with Gasteiger partial charge in [0.2, 0.25) is 5.95 Å². The van der Waals surface area contributed by atoms with Crippen molar-refractivity contribution < 1.29 is 4.74 Å². The minimum absolute atomic E-state index is 0.567. The number of ether oxygens (including phenoxy) is 1. The van der Waals surface area contributed by atoms with E-state index in [1.54, 1.807) is 0 Å². The molecule has 0 aliphatic carbocycles. The summed E-state index contributed by atoms with van der Waals surface area (Å²) in [6.45, 7) is 8.41. The first-order chi connectivity index (χ1) is 11.2. The molecular formula is C18H24N4O. The Morgan fingerprint density at radius 2 is 1.87 bits per heavy atom. The fourth-order valence-electron chi connectivity index (χ4n) is 2.50. The van der Waals surface area contributed by atoms with Crippen LogP contribution in [0.1, 0.15) is 13.8 Å². The van der Waals surface area contributed by atoms with Crippen LogP contribution in [0.2, 0.25) is 0 Å². The van der Waals surface area contributed by atoms with Crippen molar-refractivity contribution in [3.05, 3.63) is 36.4 Å². The molecule has 3 rings (SSSR count). The van der Waals surface area contributed by atoms with Gasteiger partial charge in [-0.2, -0.15) is 4.98 Å². The van der Waals surface area contributed by atoms with Crippen molar-refractivity contribution in [2.75, 3.05) is 43.1 Å². The van der Waals surface area contributed by atoms with Crippen LogP contribution in [0.5, 0.6) is 0 Å². The summed E-state index contributed by atoms with van der Waals surface area (Å²) in [6.07, 6.45) is 0. The zero-order valence-corrected chi connectivity index (χ0v) is 13.8. The number of nitrogens with one attached hydrogen (secondary N) is 1. The van der Waals surface area contributed by atoms with Gasteiger partial charge in [-0.25, -0.2) is 4.98 Å². The van der Waals surface area contributed by atoms with E-state index in [2.05, 4.69) is 36.2 Å². The summed E-state index contributed by atoms with van der Waals surface area (Å²) >= 11 is 0. The van der Waals surface area contributed by atoms with E-state index < -0.39 is 0 Å². The Morgan fingerprint density at radius 3 is 2.57 bits per heavy atom.